The Morgan fingerprint density at radius 2 is 1.29 bits per heavy atom. The van der Waals surface area contributed by atoms with Gasteiger partial charge in [0.1, 0.15) is 25.6 Å². The normalized spacial score (nSPS) is 5.64. The molecule has 0 N–H and O–H groups in total. The van der Waals surface area contributed by atoms with Crippen LogP contribution in [0.2, 0.25) is 0 Å². The summed E-state index contributed by atoms with van der Waals surface area (Å²) in [5.74, 6) is 0. The molecule has 0 unspecified atom stereocenters. The highest BCUT2D eigenvalue weighted by molar-refractivity contribution is 5.48. The van der Waals surface area contributed by atoms with Gasteiger partial charge in [-0.15, -0.1) is 0 Å². The molecule has 0 saturated carbocycles. The smallest absolute Gasteiger partial charge is 0.119 e. The lowest BCUT2D eigenvalue weighted by Gasteiger charge is -1.68. The minimum Gasteiger partial charge on any atom is -0.307 e. The van der Waals surface area contributed by atoms with E-state index in [0.717, 1.165) is 25.3 Å². The molecule has 0 aromatic rings. The lowest BCUT2D eigenvalue weighted by Crippen LogP contribution is -1.64. The zero-order valence-electron chi connectivity index (χ0n) is 9.19. The third kappa shape index (κ3) is 355. The summed E-state index contributed by atoms with van der Waals surface area (Å²) < 4.78 is 0. The van der Waals surface area contributed by atoms with Crippen molar-refractivity contribution < 1.29 is 19.2 Å². The second-order valence-electron chi connectivity index (χ2n) is 1.77. The summed E-state index contributed by atoms with van der Waals surface area (Å²) >= 11 is 0. The van der Waals surface area contributed by atoms with Crippen LogP contribution >= 0.6 is 0 Å². The average Bonchev–Trinajstić information content (AvgIpc) is 2.24. The van der Waals surface area contributed by atoms with E-state index in [2.05, 4.69) is 0 Å². The van der Waals surface area contributed by atoms with Gasteiger partial charge in [0.05, 0.1) is 0 Å². The predicted octanol–water partition coefficient (Wildman–Crippen LogP) is 1.60. The first kappa shape index (κ1) is 23.0. The van der Waals surface area contributed by atoms with Gasteiger partial charge in [0.15, 0.2) is 0 Å². The van der Waals surface area contributed by atoms with Gasteiger partial charge < -0.3 is 19.2 Å². The van der Waals surface area contributed by atoms with Crippen molar-refractivity contribution in [3.63, 3.8) is 0 Å². The minimum absolute atomic E-state index is 0.639. The van der Waals surface area contributed by atoms with Crippen molar-refractivity contribution >= 4 is 25.6 Å². The lowest BCUT2D eigenvalue weighted by atomic mass is 10.4. The van der Waals surface area contributed by atoms with Crippen molar-refractivity contribution in [2.75, 3.05) is 0 Å². The Kier molecular flexibility index (Phi) is 99.8. The Morgan fingerprint density at radius 1 is 1.00 bits per heavy atom. The molecule has 0 bridgehead atoms. The van der Waals surface area contributed by atoms with Crippen LogP contribution in [0.5, 0.6) is 0 Å². The van der Waals surface area contributed by atoms with Gasteiger partial charge in [0, 0.05) is 12.8 Å². The predicted molar refractivity (Wildman–Crippen MR) is 56.2 cm³/mol. The van der Waals surface area contributed by atoms with E-state index in [1.165, 1.54) is 6.92 Å². The Balaban J connectivity index is -0.0000000505. The standard InChI is InChI=1S/C4H8O.C3H6O.C2H4O.CH2O/c1-2-3-4-5;1-2-3-4;1-2-3;1-2/h4H,2-3H2,1H3;3H,2H2,1H3;2H,1H3;1H2. The maximum Gasteiger partial charge on any atom is 0.119 e. The molecule has 0 radical (unpaired) electrons. The summed E-state index contributed by atoms with van der Waals surface area (Å²) in [6.45, 7) is 7.24. The quantitative estimate of drug-likeness (QED) is 0.655. The summed E-state index contributed by atoms with van der Waals surface area (Å²) in [6.07, 6.45) is 4.88. The van der Waals surface area contributed by atoms with Gasteiger partial charge in [-0.2, -0.15) is 0 Å². The van der Waals surface area contributed by atoms with Crippen LogP contribution in [0.15, 0.2) is 0 Å². The van der Waals surface area contributed by atoms with Crippen molar-refractivity contribution in [1.29, 1.82) is 0 Å². The third-order valence-corrected chi connectivity index (χ3v) is 0.573. The van der Waals surface area contributed by atoms with Crippen LogP contribution < -0.4 is 0 Å². The number of carbonyl (C=O) groups is 4. The van der Waals surface area contributed by atoms with Gasteiger partial charge >= 0.3 is 0 Å². The molecule has 0 heterocycles. The van der Waals surface area contributed by atoms with Crippen LogP contribution in [0.3, 0.4) is 0 Å². The summed E-state index contributed by atoms with van der Waals surface area (Å²) in [4.78, 5) is 35.4. The van der Waals surface area contributed by atoms with Crippen molar-refractivity contribution in [3.05, 3.63) is 0 Å². The molecule has 0 rings (SSSR count). The molecule has 84 valence electrons. The zero-order valence-corrected chi connectivity index (χ0v) is 9.19. The van der Waals surface area contributed by atoms with Crippen molar-refractivity contribution in [2.45, 2.75) is 40.0 Å². The number of hydrogen-bond donors (Lipinski definition) is 0. The Bertz CT molecular complexity index is 102. The fraction of sp³-hybridized carbons (Fsp3) is 0.600. The van der Waals surface area contributed by atoms with Crippen LogP contribution in [0.4, 0.5) is 0 Å². The molecule has 0 fully saturated rings. The Hall–Kier alpha value is -1.32. The second-order valence-corrected chi connectivity index (χ2v) is 1.77. The first-order valence-corrected chi connectivity index (χ1v) is 4.30. The second kappa shape index (κ2) is 60.8. The Labute approximate surface area is 85.7 Å². The highest BCUT2D eigenvalue weighted by atomic mass is 16.1. The van der Waals surface area contributed by atoms with Gasteiger partial charge in [-0.1, -0.05) is 13.8 Å². The number of aldehydes is 3. The number of hydrogen-bond acceptors (Lipinski definition) is 4. The molecule has 0 aliphatic rings. The first-order chi connectivity index (χ1) is 6.74. The van der Waals surface area contributed by atoms with Crippen LogP contribution in [0, 0.1) is 0 Å². The molecule has 0 aliphatic heterocycles. The highest BCUT2D eigenvalue weighted by Gasteiger charge is 1.66. The van der Waals surface area contributed by atoms with Crippen molar-refractivity contribution in [3.8, 4) is 0 Å². The van der Waals surface area contributed by atoms with Gasteiger partial charge in [0.2, 0.25) is 0 Å². The van der Waals surface area contributed by atoms with Gasteiger partial charge in [-0.25, -0.2) is 0 Å². The molecule has 14 heavy (non-hydrogen) atoms. The van der Waals surface area contributed by atoms with E-state index in [0.29, 0.717) is 12.8 Å². The molecule has 0 amide bonds. The molecule has 0 spiro atoms. The van der Waals surface area contributed by atoms with E-state index >= 15 is 0 Å². The summed E-state index contributed by atoms with van der Waals surface area (Å²) in [5, 5.41) is 0. The highest BCUT2D eigenvalue weighted by Crippen LogP contribution is 1.74. The fourth-order valence-electron chi connectivity index (χ4n) is 0.118. The van der Waals surface area contributed by atoms with E-state index in [1.54, 1.807) is 0 Å². The largest absolute Gasteiger partial charge is 0.307 e. The third-order valence-electron chi connectivity index (χ3n) is 0.573. The Morgan fingerprint density at radius 3 is 1.29 bits per heavy atom. The summed E-state index contributed by atoms with van der Waals surface area (Å²) in [7, 11) is 0. The number of rotatable bonds is 3. The number of carbonyl (C=O) groups excluding carboxylic acids is 4. The molecule has 0 aromatic heterocycles. The molecule has 4 nitrogen and oxygen atoms in total. The van der Waals surface area contributed by atoms with Gasteiger partial charge in [-0.05, 0) is 13.3 Å². The maximum absolute atomic E-state index is 9.40. The van der Waals surface area contributed by atoms with Gasteiger partial charge in [0.25, 0.3) is 0 Å². The van der Waals surface area contributed by atoms with E-state index in [1.807, 2.05) is 20.6 Å². The van der Waals surface area contributed by atoms with Crippen molar-refractivity contribution in [2.24, 2.45) is 0 Å². The molecule has 0 atom stereocenters. The van der Waals surface area contributed by atoms with E-state index in [4.69, 9.17) is 9.59 Å². The summed E-state index contributed by atoms with van der Waals surface area (Å²) in [6, 6.07) is 0. The molecule has 4 heteroatoms. The molecular formula is C10H20O4. The first-order valence-electron chi connectivity index (χ1n) is 4.30. The minimum atomic E-state index is 0.639. The van der Waals surface area contributed by atoms with Crippen LogP contribution in [0.1, 0.15) is 40.0 Å². The summed E-state index contributed by atoms with van der Waals surface area (Å²) in [5.41, 5.74) is 0. The fourth-order valence-corrected chi connectivity index (χ4v) is 0.118. The van der Waals surface area contributed by atoms with Crippen LogP contribution in [-0.4, -0.2) is 25.6 Å². The van der Waals surface area contributed by atoms with E-state index in [-0.39, 0.29) is 0 Å². The van der Waals surface area contributed by atoms with Crippen LogP contribution in [-0.2, 0) is 19.2 Å². The van der Waals surface area contributed by atoms with E-state index in [9.17, 15) is 9.59 Å². The van der Waals surface area contributed by atoms with Crippen LogP contribution in [0.25, 0.3) is 0 Å². The topological polar surface area (TPSA) is 68.3 Å². The molecule has 0 saturated heterocycles. The van der Waals surface area contributed by atoms with E-state index < -0.39 is 0 Å². The molecule has 0 aliphatic carbocycles. The maximum atomic E-state index is 9.40. The average molecular weight is 204 g/mol. The lowest BCUT2D eigenvalue weighted by molar-refractivity contribution is -0.108. The zero-order chi connectivity index (χ0) is 12.2. The molecule has 0 aromatic carbocycles. The van der Waals surface area contributed by atoms with Crippen molar-refractivity contribution in [1.82, 2.24) is 0 Å². The number of unbranched alkanes of at least 4 members (excludes halogenated alkanes) is 1. The van der Waals surface area contributed by atoms with Gasteiger partial charge in [-0.3, -0.25) is 0 Å². The SMILES string of the molecule is C=O.CC=O.CCC=O.CCCC=O. The monoisotopic (exact) mass is 204 g/mol. The molecular weight excluding hydrogens is 184 g/mol.